The molecular weight excluding hydrogens is 468 g/mol. The molecule has 0 spiro atoms. The maximum absolute atomic E-state index is 13.6. The van der Waals surface area contributed by atoms with E-state index in [1.54, 1.807) is 0 Å². The predicted octanol–water partition coefficient (Wildman–Crippen LogP) is 5.10. The molecular formula is C30H34N2O5. The third-order valence-corrected chi connectivity index (χ3v) is 6.60. The number of aryl methyl sites for hydroxylation is 2. The second-order valence-electron chi connectivity index (χ2n) is 9.80. The highest BCUT2D eigenvalue weighted by Crippen LogP contribution is 2.33. The number of nitrogens with one attached hydrogen (secondary N) is 1. The molecule has 3 aromatic rings. The summed E-state index contributed by atoms with van der Waals surface area (Å²) < 4.78 is 23.3. The van der Waals surface area contributed by atoms with Gasteiger partial charge in [-0.15, -0.1) is 0 Å². The molecule has 0 saturated carbocycles. The van der Waals surface area contributed by atoms with Crippen molar-refractivity contribution in [2.45, 2.75) is 45.4 Å². The van der Waals surface area contributed by atoms with E-state index in [-0.39, 0.29) is 18.8 Å². The van der Waals surface area contributed by atoms with E-state index in [0.29, 0.717) is 25.4 Å². The predicted molar refractivity (Wildman–Crippen MR) is 142 cm³/mol. The molecule has 1 fully saturated rings. The number of carbonyl (C=O) groups is 1. The van der Waals surface area contributed by atoms with Gasteiger partial charge in [-0.05, 0) is 79.8 Å². The number of fused-ring (bicyclic) bond motifs is 1. The molecule has 2 atom stereocenters. The third-order valence-electron chi connectivity index (χ3n) is 6.60. The lowest BCUT2D eigenvalue weighted by Gasteiger charge is -2.29. The Labute approximate surface area is 218 Å². The fraction of sp³-hybridized carbons (Fsp3) is 0.367. The molecule has 0 radical (unpaired) electrons. The Morgan fingerprint density at radius 2 is 1.84 bits per heavy atom. The van der Waals surface area contributed by atoms with Crippen LogP contribution in [0, 0.1) is 13.8 Å². The standard InChI is InChI=1S/C30H34N2O5/c1-21-6-3-8-24(14-21)31-30(33)29(37-25-9-4-7-22(2)15-25)19-32(18-26-10-5-13-34-26)17-23-11-12-27-28(16-23)36-20-35-27/h3-4,6-9,11-12,14-16,26,29H,5,10,13,17-20H2,1-2H3,(H,31,33)/t26-,29-/m0/s1. The lowest BCUT2D eigenvalue weighted by atomic mass is 10.1. The first-order valence-corrected chi connectivity index (χ1v) is 12.9. The van der Waals surface area contributed by atoms with Crippen LogP contribution in [-0.4, -0.2) is 49.5 Å². The van der Waals surface area contributed by atoms with Gasteiger partial charge in [-0.1, -0.05) is 30.3 Å². The fourth-order valence-electron chi connectivity index (χ4n) is 4.78. The minimum Gasteiger partial charge on any atom is -0.479 e. The molecule has 1 N–H and O–H groups in total. The van der Waals surface area contributed by atoms with Crippen LogP contribution in [0.5, 0.6) is 17.2 Å². The van der Waals surface area contributed by atoms with Gasteiger partial charge in [0.25, 0.3) is 5.91 Å². The highest BCUT2D eigenvalue weighted by molar-refractivity contribution is 5.94. The monoisotopic (exact) mass is 502 g/mol. The zero-order valence-corrected chi connectivity index (χ0v) is 21.4. The van der Waals surface area contributed by atoms with E-state index in [2.05, 4.69) is 10.2 Å². The zero-order valence-electron chi connectivity index (χ0n) is 21.4. The molecule has 2 heterocycles. The van der Waals surface area contributed by atoms with E-state index in [1.165, 1.54) is 0 Å². The van der Waals surface area contributed by atoms with Crippen molar-refractivity contribution in [3.8, 4) is 17.2 Å². The third kappa shape index (κ3) is 6.81. The second-order valence-corrected chi connectivity index (χ2v) is 9.80. The van der Waals surface area contributed by atoms with Crippen LogP contribution in [0.2, 0.25) is 0 Å². The van der Waals surface area contributed by atoms with Crippen molar-refractivity contribution in [2.75, 3.05) is 31.8 Å². The van der Waals surface area contributed by atoms with Crippen molar-refractivity contribution in [3.63, 3.8) is 0 Å². The highest BCUT2D eigenvalue weighted by Gasteiger charge is 2.28. The minimum absolute atomic E-state index is 0.133. The van der Waals surface area contributed by atoms with Crippen LogP contribution in [0.3, 0.4) is 0 Å². The summed E-state index contributed by atoms with van der Waals surface area (Å²) in [5, 5.41) is 3.06. The summed E-state index contributed by atoms with van der Waals surface area (Å²) in [7, 11) is 0. The van der Waals surface area contributed by atoms with Crippen molar-refractivity contribution in [2.24, 2.45) is 0 Å². The molecule has 194 valence electrons. The highest BCUT2D eigenvalue weighted by atomic mass is 16.7. The Morgan fingerprint density at radius 3 is 2.62 bits per heavy atom. The van der Waals surface area contributed by atoms with Crippen LogP contribution in [0.1, 0.15) is 29.5 Å². The summed E-state index contributed by atoms with van der Waals surface area (Å²) in [5.41, 5.74) is 3.99. The number of amides is 1. The van der Waals surface area contributed by atoms with Gasteiger partial charge < -0.3 is 24.3 Å². The number of hydrogen-bond acceptors (Lipinski definition) is 6. The molecule has 0 aromatic heterocycles. The van der Waals surface area contributed by atoms with E-state index in [9.17, 15) is 4.79 Å². The van der Waals surface area contributed by atoms with E-state index in [4.69, 9.17) is 18.9 Å². The largest absolute Gasteiger partial charge is 0.479 e. The van der Waals surface area contributed by atoms with Crippen molar-refractivity contribution in [1.82, 2.24) is 4.90 Å². The smallest absolute Gasteiger partial charge is 0.266 e. The second kappa shape index (κ2) is 11.7. The Bertz CT molecular complexity index is 1220. The average Bonchev–Trinajstić information content (AvgIpc) is 3.55. The Kier molecular flexibility index (Phi) is 7.92. The summed E-state index contributed by atoms with van der Waals surface area (Å²) in [6, 6.07) is 21.6. The van der Waals surface area contributed by atoms with Crippen molar-refractivity contribution >= 4 is 11.6 Å². The quantitative estimate of drug-likeness (QED) is 0.416. The minimum atomic E-state index is -0.724. The van der Waals surface area contributed by atoms with Gasteiger partial charge in [0.05, 0.1) is 6.10 Å². The van der Waals surface area contributed by atoms with E-state index in [1.807, 2.05) is 80.6 Å². The van der Waals surface area contributed by atoms with Gasteiger partial charge in [0, 0.05) is 31.9 Å². The normalized spacial score (nSPS) is 17.1. The Hall–Kier alpha value is -3.55. The van der Waals surface area contributed by atoms with Gasteiger partial charge in [0.1, 0.15) is 5.75 Å². The SMILES string of the molecule is Cc1cccc(NC(=O)[C@H](CN(Cc2ccc3c(c2)OCO3)C[C@@H]2CCCO2)Oc2cccc(C)c2)c1. The molecule has 3 aromatic carbocycles. The number of nitrogens with zero attached hydrogens (tertiary/aromatic N) is 1. The van der Waals surface area contributed by atoms with Gasteiger partial charge in [0.15, 0.2) is 17.6 Å². The number of carbonyl (C=O) groups excluding carboxylic acids is 1. The molecule has 7 nitrogen and oxygen atoms in total. The van der Waals surface area contributed by atoms with Gasteiger partial charge in [-0.25, -0.2) is 0 Å². The first-order chi connectivity index (χ1) is 18.0. The number of hydrogen-bond donors (Lipinski definition) is 1. The summed E-state index contributed by atoms with van der Waals surface area (Å²) in [5.74, 6) is 1.99. The molecule has 1 amide bonds. The maximum Gasteiger partial charge on any atom is 0.266 e. The first kappa shape index (κ1) is 25.1. The summed E-state index contributed by atoms with van der Waals surface area (Å²) in [4.78, 5) is 15.8. The lowest BCUT2D eigenvalue weighted by Crippen LogP contribution is -2.45. The van der Waals surface area contributed by atoms with Gasteiger partial charge in [-0.2, -0.15) is 0 Å². The Morgan fingerprint density at radius 1 is 1.03 bits per heavy atom. The summed E-state index contributed by atoms with van der Waals surface area (Å²) in [6.07, 6.45) is 1.47. The Balaban J connectivity index is 1.38. The number of benzene rings is 3. The number of anilines is 1. The number of ether oxygens (including phenoxy) is 4. The average molecular weight is 503 g/mol. The molecule has 7 heteroatoms. The van der Waals surface area contributed by atoms with E-state index >= 15 is 0 Å². The molecule has 0 bridgehead atoms. The molecule has 37 heavy (non-hydrogen) atoms. The lowest BCUT2D eigenvalue weighted by molar-refractivity contribution is -0.123. The summed E-state index contributed by atoms with van der Waals surface area (Å²) >= 11 is 0. The van der Waals surface area contributed by atoms with Crippen LogP contribution < -0.4 is 19.5 Å². The van der Waals surface area contributed by atoms with Gasteiger partial charge in [0.2, 0.25) is 6.79 Å². The zero-order chi connectivity index (χ0) is 25.6. The maximum atomic E-state index is 13.6. The van der Waals surface area contributed by atoms with Crippen molar-refractivity contribution < 1.29 is 23.7 Å². The molecule has 0 aliphatic carbocycles. The molecule has 2 aliphatic heterocycles. The van der Waals surface area contributed by atoms with Crippen molar-refractivity contribution in [3.05, 3.63) is 83.4 Å². The van der Waals surface area contributed by atoms with E-state index < -0.39 is 6.10 Å². The summed E-state index contributed by atoms with van der Waals surface area (Å²) in [6.45, 7) is 6.77. The van der Waals surface area contributed by atoms with Crippen LogP contribution in [0.15, 0.2) is 66.7 Å². The first-order valence-electron chi connectivity index (χ1n) is 12.9. The molecule has 2 aliphatic rings. The van der Waals surface area contributed by atoms with Crippen LogP contribution in [0.4, 0.5) is 5.69 Å². The topological polar surface area (TPSA) is 69.3 Å². The van der Waals surface area contributed by atoms with Crippen LogP contribution in [-0.2, 0) is 16.1 Å². The fourth-order valence-corrected chi connectivity index (χ4v) is 4.78. The number of rotatable bonds is 10. The molecule has 0 unspecified atom stereocenters. The van der Waals surface area contributed by atoms with Crippen LogP contribution in [0.25, 0.3) is 0 Å². The van der Waals surface area contributed by atoms with E-state index in [0.717, 1.165) is 53.3 Å². The van der Waals surface area contributed by atoms with Crippen molar-refractivity contribution in [1.29, 1.82) is 0 Å². The van der Waals surface area contributed by atoms with Gasteiger partial charge in [-0.3, -0.25) is 9.69 Å². The van der Waals surface area contributed by atoms with Gasteiger partial charge >= 0.3 is 0 Å². The molecule has 1 saturated heterocycles. The van der Waals surface area contributed by atoms with Crippen LogP contribution >= 0.6 is 0 Å². The molecule has 5 rings (SSSR count).